The smallest absolute Gasteiger partial charge is 0.258 e. The number of halogens is 2. The van der Waals surface area contributed by atoms with Crippen LogP contribution < -0.4 is 11.3 Å². The number of benzene rings is 2. The Morgan fingerprint density at radius 3 is 2.50 bits per heavy atom. The van der Waals surface area contributed by atoms with E-state index in [9.17, 15) is 9.18 Å². The molecule has 0 unspecified atom stereocenters. The van der Waals surface area contributed by atoms with Gasteiger partial charge < -0.3 is 5.73 Å². The van der Waals surface area contributed by atoms with Crippen molar-refractivity contribution in [2.75, 3.05) is 5.73 Å². The lowest BCUT2D eigenvalue weighted by atomic mass is 10.2. The predicted molar refractivity (Wildman–Crippen MR) is 84.7 cm³/mol. The van der Waals surface area contributed by atoms with Crippen LogP contribution in [0.1, 0.15) is 0 Å². The van der Waals surface area contributed by atoms with E-state index >= 15 is 0 Å². The van der Waals surface area contributed by atoms with Crippen molar-refractivity contribution in [1.29, 1.82) is 0 Å². The van der Waals surface area contributed by atoms with E-state index in [0.717, 1.165) is 6.07 Å². The third kappa shape index (κ3) is 2.58. The molecule has 110 valence electrons. The number of nitrogen functional groups attached to an aromatic ring is 1. The average molecular weight is 316 g/mol. The summed E-state index contributed by atoms with van der Waals surface area (Å²) in [6.07, 6.45) is 1.42. The van der Waals surface area contributed by atoms with Crippen molar-refractivity contribution in [2.45, 2.75) is 0 Å². The predicted octanol–water partition coefficient (Wildman–Crippen LogP) is 3.27. The van der Waals surface area contributed by atoms with Crippen molar-refractivity contribution < 1.29 is 4.39 Å². The molecule has 1 aromatic heterocycles. The number of rotatable bonds is 2. The second kappa shape index (κ2) is 5.61. The first-order chi connectivity index (χ1) is 10.6. The Balaban J connectivity index is 2.27. The maximum Gasteiger partial charge on any atom is 0.258 e. The molecule has 0 saturated heterocycles. The summed E-state index contributed by atoms with van der Waals surface area (Å²) in [6, 6.07) is 12.1. The summed E-state index contributed by atoms with van der Waals surface area (Å²) in [5, 5.41) is 0.131. The van der Waals surface area contributed by atoms with Crippen molar-refractivity contribution in [3.05, 3.63) is 75.9 Å². The molecule has 0 bridgehead atoms. The Bertz CT molecular complexity index is 891. The third-order valence-corrected chi connectivity index (χ3v) is 3.47. The Labute approximate surface area is 130 Å². The van der Waals surface area contributed by atoms with Gasteiger partial charge in [0.05, 0.1) is 10.7 Å². The summed E-state index contributed by atoms with van der Waals surface area (Å²) in [6.45, 7) is 0. The molecule has 0 amide bonds. The van der Waals surface area contributed by atoms with E-state index in [-0.39, 0.29) is 10.6 Å². The van der Waals surface area contributed by atoms with Crippen LogP contribution in [0.4, 0.5) is 10.1 Å². The summed E-state index contributed by atoms with van der Waals surface area (Å²) < 4.78 is 14.6. The van der Waals surface area contributed by atoms with Crippen molar-refractivity contribution in [3.8, 4) is 17.1 Å². The highest BCUT2D eigenvalue weighted by molar-refractivity contribution is 6.32. The topological polar surface area (TPSA) is 60.9 Å². The minimum Gasteiger partial charge on any atom is -0.399 e. The molecule has 6 heteroatoms. The number of nitrogens with two attached hydrogens (primary N) is 1. The summed E-state index contributed by atoms with van der Waals surface area (Å²) in [4.78, 5) is 16.5. The van der Waals surface area contributed by atoms with Gasteiger partial charge in [-0.15, -0.1) is 0 Å². The van der Waals surface area contributed by atoms with E-state index in [1.807, 2.05) is 0 Å². The van der Waals surface area contributed by atoms with Gasteiger partial charge >= 0.3 is 0 Å². The van der Waals surface area contributed by atoms with Crippen LogP contribution >= 0.6 is 11.6 Å². The van der Waals surface area contributed by atoms with Crippen LogP contribution in [0.2, 0.25) is 5.02 Å². The molecule has 2 aromatic carbocycles. The lowest BCUT2D eigenvalue weighted by Gasteiger charge is -2.13. The number of anilines is 1. The van der Waals surface area contributed by atoms with Crippen molar-refractivity contribution in [1.82, 2.24) is 9.55 Å². The number of hydrogen-bond acceptors (Lipinski definition) is 3. The summed E-state index contributed by atoms with van der Waals surface area (Å²) >= 11 is 6.07. The first-order valence-corrected chi connectivity index (χ1v) is 6.83. The molecule has 4 nitrogen and oxygen atoms in total. The van der Waals surface area contributed by atoms with Crippen molar-refractivity contribution in [2.24, 2.45) is 0 Å². The van der Waals surface area contributed by atoms with E-state index in [1.54, 1.807) is 24.3 Å². The van der Waals surface area contributed by atoms with Crippen LogP contribution in [0.25, 0.3) is 17.1 Å². The minimum absolute atomic E-state index is 0.131. The highest BCUT2D eigenvalue weighted by atomic mass is 35.5. The van der Waals surface area contributed by atoms with Crippen LogP contribution in [0.15, 0.2) is 59.5 Å². The normalized spacial score (nSPS) is 10.6. The number of hydrogen-bond donors (Lipinski definition) is 1. The van der Waals surface area contributed by atoms with Gasteiger partial charge in [0.1, 0.15) is 11.6 Å². The zero-order chi connectivity index (χ0) is 15.7. The molecule has 0 aliphatic heterocycles. The lowest BCUT2D eigenvalue weighted by molar-refractivity contribution is 0.627. The first kappa shape index (κ1) is 14.3. The van der Waals surface area contributed by atoms with Gasteiger partial charge in [-0.3, -0.25) is 9.36 Å². The van der Waals surface area contributed by atoms with Gasteiger partial charge in [-0.2, -0.15) is 0 Å². The maximum absolute atomic E-state index is 13.2. The molecular formula is C16H11ClFN3O. The van der Waals surface area contributed by atoms with E-state index < -0.39 is 5.82 Å². The number of aromatic nitrogens is 2. The summed E-state index contributed by atoms with van der Waals surface area (Å²) in [7, 11) is 0. The molecule has 0 spiro atoms. The van der Waals surface area contributed by atoms with Crippen LogP contribution in [0.5, 0.6) is 0 Å². The molecule has 2 N–H and O–H groups in total. The zero-order valence-corrected chi connectivity index (χ0v) is 12.1. The van der Waals surface area contributed by atoms with Gasteiger partial charge in [-0.25, -0.2) is 9.37 Å². The van der Waals surface area contributed by atoms with Gasteiger partial charge in [-0.05, 0) is 42.5 Å². The van der Waals surface area contributed by atoms with Gasteiger partial charge in [0.25, 0.3) is 5.56 Å². The van der Waals surface area contributed by atoms with E-state index in [4.69, 9.17) is 17.3 Å². The van der Waals surface area contributed by atoms with Crippen LogP contribution in [-0.4, -0.2) is 9.55 Å². The Hall–Kier alpha value is -2.66. The highest BCUT2D eigenvalue weighted by Gasteiger charge is 2.13. The summed E-state index contributed by atoms with van der Waals surface area (Å²) in [5.74, 6) is -0.0688. The summed E-state index contributed by atoms with van der Waals surface area (Å²) in [5.41, 5.74) is 7.04. The quantitative estimate of drug-likeness (QED) is 0.738. The second-order valence-electron chi connectivity index (χ2n) is 4.66. The van der Waals surface area contributed by atoms with E-state index in [2.05, 4.69) is 4.98 Å². The lowest BCUT2D eigenvalue weighted by Crippen LogP contribution is -2.20. The monoisotopic (exact) mass is 315 g/mol. The molecule has 3 rings (SSSR count). The Morgan fingerprint density at radius 2 is 1.82 bits per heavy atom. The minimum atomic E-state index is -0.472. The number of nitrogens with zero attached hydrogens (tertiary/aromatic N) is 2. The average Bonchev–Trinajstić information content (AvgIpc) is 2.49. The molecule has 0 atom stereocenters. The van der Waals surface area contributed by atoms with E-state index in [0.29, 0.717) is 22.8 Å². The van der Waals surface area contributed by atoms with Crippen LogP contribution in [0.3, 0.4) is 0 Å². The van der Waals surface area contributed by atoms with Gasteiger partial charge in [-0.1, -0.05) is 11.6 Å². The molecule has 0 saturated carbocycles. The first-order valence-electron chi connectivity index (χ1n) is 6.45. The van der Waals surface area contributed by atoms with Gasteiger partial charge in [0.2, 0.25) is 0 Å². The molecule has 1 heterocycles. The Morgan fingerprint density at radius 1 is 1.09 bits per heavy atom. The molecule has 0 aliphatic rings. The molecule has 0 radical (unpaired) electrons. The van der Waals surface area contributed by atoms with Gasteiger partial charge in [0.15, 0.2) is 0 Å². The van der Waals surface area contributed by atoms with Crippen molar-refractivity contribution >= 4 is 17.3 Å². The fourth-order valence-electron chi connectivity index (χ4n) is 2.14. The maximum atomic E-state index is 13.2. The molecule has 3 aromatic rings. The second-order valence-corrected chi connectivity index (χ2v) is 5.07. The standard InChI is InChI=1S/C16H11ClFN3O/c17-13-9-11(18)3-6-14(13)21-15(22)7-8-20-16(21)10-1-4-12(19)5-2-10/h1-9H,19H2. The third-order valence-electron chi connectivity index (χ3n) is 3.17. The fraction of sp³-hybridized carbons (Fsp3) is 0. The van der Waals surface area contributed by atoms with E-state index in [1.165, 1.54) is 29.0 Å². The van der Waals surface area contributed by atoms with Crippen molar-refractivity contribution in [3.63, 3.8) is 0 Å². The van der Waals surface area contributed by atoms with Crippen LogP contribution in [-0.2, 0) is 0 Å². The largest absolute Gasteiger partial charge is 0.399 e. The SMILES string of the molecule is Nc1ccc(-c2nccc(=O)n2-c2ccc(F)cc2Cl)cc1. The fourth-order valence-corrected chi connectivity index (χ4v) is 2.39. The zero-order valence-electron chi connectivity index (χ0n) is 11.3. The highest BCUT2D eigenvalue weighted by Crippen LogP contribution is 2.25. The van der Waals surface area contributed by atoms with Gasteiger partial charge in [0, 0.05) is 23.5 Å². The molecule has 22 heavy (non-hydrogen) atoms. The Kier molecular flexibility index (Phi) is 3.65. The molecule has 0 aliphatic carbocycles. The molecule has 0 fully saturated rings. The van der Waals surface area contributed by atoms with Crippen LogP contribution in [0, 0.1) is 5.82 Å². The molecular weight excluding hydrogens is 305 g/mol.